The highest BCUT2D eigenvalue weighted by molar-refractivity contribution is 6.30. The summed E-state index contributed by atoms with van der Waals surface area (Å²) in [5.41, 5.74) is 0.935. The molecule has 0 saturated carbocycles. The topological polar surface area (TPSA) is 79.0 Å². The molecule has 0 radical (unpaired) electrons. The molecule has 0 spiro atoms. The molecule has 1 N–H and O–H groups in total. The maximum atomic E-state index is 12.3. The Hall–Kier alpha value is -2.28. The molecule has 3 amide bonds. The van der Waals surface area contributed by atoms with Crippen molar-refractivity contribution in [1.29, 1.82) is 0 Å². The molecule has 0 aromatic heterocycles. The first kappa shape index (κ1) is 21.0. The minimum absolute atomic E-state index is 0.00694. The van der Waals surface area contributed by atoms with E-state index in [4.69, 9.17) is 16.3 Å². The predicted molar refractivity (Wildman–Crippen MR) is 102 cm³/mol. The van der Waals surface area contributed by atoms with E-state index in [1.54, 1.807) is 28.9 Å². The fraction of sp³-hybridized carbons (Fsp3) is 0.526. The molecule has 7 nitrogen and oxygen atoms in total. The Morgan fingerprint density at radius 3 is 2.41 bits per heavy atom. The van der Waals surface area contributed by atoms with Gasteiger partial charge in [0.05, 0.1) is 13.2 Å². The van der Waals surface area contributed by atoms with Crippen LogP contribution in [0.2, 0.25) is 5.02 Å². The van der Waals surface area contributed by atoms with Crippen molar-refractivity contribution in [1.82, 2.24) is 15.1 Å². The van der Waals surface area contributed by atoms with Gasteiger partial charge in [0.15, 0.2) is 0 Å². The van der Waals surface area contributed by atoms with Crippen LogP contribution in [0.4, 0.5) is 4.79 Å². The molecule has 1 saturated heterocycles. The third-order valence-corrected chi connectivity index (χ3v) is 4.80. The third kappa shape index (κ3) is 6.43. The van der Waals surface area contributed by atoms with Crippen molar-refractivity contribution >= 4 is 29.5 Å². The highest BCUT2D eigenvalue weighted by Gasteiger charge is 2.29. The number of carbonyl (C=O) groups is 3. The largest absolute Gasteiger partial charge is 0.450 e. The van der Waals surface area contributed by atoms with Gasteiger partial charge in [-0.1, -0.05) is 23.7 Å². The van der Waals surface area contributed by atoms with Crippen LogP contribution >= 0.6 is 11.6 Å². The molecule has 0 aliphatic carbocycles. The summed E-state index contributed by atoms with van der Waals surface area (Å²) in [6, 6.07) is 7.16. The summed E-state index contributed by atoms with van der Waals surface area (Å²) in [7, 11) is 0. The molecular formula is C19H26ClN3O4. The maximum Gasteiger partial charge on any atom is 0.409 e. The molecule has 27 heavy (non-hydrogen) atoms. The van der Waals surface area contributed by atoms with Crippen molar-refractivity contribution in [3.63, 3.8) is 0 Å². The highest BCUT2D eigenvalue weighted by Crippen LogP contribution is 2.17. The molecule has 1 aromatic rings. The molecule has 1 aliphatic rings. The maximum absolute atomic E-state index is 12.3. The van der Waals surface area contributed by atoms with E-state index in [1.165, 1.54) is 6.92 Å². The minimum atomic E-state index is -0.328. The van der Waals surface area contributed by atoms with Gasteiger partial charge in [-0.2, -0.15) is 0 Å². The average molecular weight is 396 g/mol. The van der Waals surface area contributed by atoms with Crippen molar-refractivity contribution in [2.75, 3.05) is 26.2 Å². The summed E-state index contributed by atoms with van der Waals surface area (Å²) in [5, 5.41) is 3.47. The molecule has 0 unspecified atom stereocenters. The number of benzene rings is 1. The van der Waals surface area contributed by atoms with Gasteiger partial charge < -0.3 is 19.9 Å². The SMILES string of the molecule is CCOC(=O)N1CCC(N(CC(=O)NCc2ccc(Cl)cc2)C(C)=O)CC1. The van der Waals surface area contributed by atoms with Crippen LogP contribution in [-0.4, -0.2) is 60.0 Å². The highest BCUT2D eigenvalue weighted by atomic mass is 35.5. The second-order valence-corrected chi connectivity index (χ2v) is 6.90. The summed E-state index contributed by atoms with van der Waals surface area (Å²) >= 11 is 5.85. The Morgan fingerprint density at radius 1 is 1.22 bits per heavy atom. The lowest BCUT2D eigenvalue weighted by Crippen LogP contribution is -2.51. The Bertz CT molecular complexity index is 657. The number of amides is 3. The summed E-state index contributed by atoms with van der Waals surface area (Å²) in [5.74, 6) is -0.362. The predicted octanol–water partition coefficient (Wildman–Crippen LogP) is 2.43. The zero-order valence-corrected chi connectivity index (χ0v) is 16.5. The lowest BCUT2D eigenvalue weighted by molar-refractivity contribution is -0.137. The number of nitrogens with one attached hydrogen (secondary N) is 1. The van der Waals surface area contributed by atoms with Crippen LogP contribution in [0.5, 0.6) is 0 Å². The first-order valence-electron chi connectivity index (χ1n) is 9.10. The van der Waals surface area contributed by atoms with E-state index in [0.717, 1.165) is 5.56 Å². The van der Waals surface area contributed by atoms with Crippen molar-refractivity contribution in [3.8, 4) is 0 Å². The molecule has 148 valence electrons. The second kappa shape index (κ2) is 10.2. The van der Waals surface area contributed by atoms with Crippen LogP contribution in [0.15, 0.2) is 24.3 Å². The summed E-state index contributed by atoms with van der Waals surface area (Å²) in [6.07, 6.45) is 0.928. The fourth-order valence-electron chi connectivity index (χ4n) is 3.09. The van der Waals surface area contributed by atoms with E-state index in [0.29, 0.717) is 44.1 Å². The molecule has 1 heterocycles. The minimum Gasteiger partial charge on any atom is -0.450 e. The number of ether oxygens (including phenoxy) is 1. The number of hydrogen-bond donors (Lipinski definition) is 1. The van der Waals surface area contributed by atoms with Gasteiger partial charge in [-0.25, -0.2) is 4.79 Å². The summed E-state index contributed by atoms with van der Waals surface area (Å²) in [6.45, 7) is 4.98. The Labute approximate surface area is 164 Å². The van der Waals surface area contributed by atoms with Crippen molar-refractivity contribution in [2.24, 2.45) is 0 Å². The number of rotatable bonds is 6. The van der Waals surface area contributed by atoms with Gasteiger partial charge in [-0.3, -0.25) is 9.59 Å². The van der Waals surface area contributed by atoms with E-state index in [-0.39, 0.29) is 30.5 Å². The first-order chi connectivity index (χ1) is 12.9. The second-order valence-electron chi connectivity index (χ2n) is 6.47. The van der Waals surface area contributed by atoms with Crippen molar-refractivity contribution in [3.05, 3.63) is 34.9 Å². The third-order valence-electron chi connectivity index (χ3n) is 4.55. The van der Waals surface area contributed by atoms with E-state index in [1.807, 2.05) is 12.1 Å². The van der Waals surface area contributed by atoms with Crippen LogP contribution in [0.3, 0.4) is 0 Å². The zero-order valence-electron chi connectivity index (χ0n) is 15.7. The first-order valence-corrected chi connectivity index (χ1v) is 9.48. The quantitative estimate of drug-likeness (QED) is 0.802. The van der Waals surface area contributed by atoms with Crippen molar-refractivity contribution < 1.29 is 19.1 Å². The normalized spacial score (nSPS) is 14.6. The average Bonchev–Trinajstić information content (AvgIpc) is 2.66. The van der Waals surface area contributed by atoms with E-state index in [2.05, 4.69) is 5.32 Å². The number of halogens is 1. The molecule has 1 aromatic carbocycles. The van der Waals surface area contributed by atoms with E-state index in [9.17, 15) is 14.4 Å². The monoisotopic (exact) mass is 395 g/mol. The number of piperidine rings is 1. The van der Waals surface area contributed by atoms with Gasteiger partial charge in [-0.05, 0) is 37.5 Å². The molecule has 0 bridgehead atoms. The Morgan fingerprint density at radius 2 is 1.85 bits per heavy atom. The van der Waals surface area contributed by atoms with Crippen LogP contribution < -0.4 is 5.32 Å². The number of hydrogen-bond acceptors (Lipinski definition) is 4. The molecular weight excluding hydrogens is 370 g/mol. The molecule has 0 atom stereocenters. The number of nitrogens with zero attached hydrogens (tertiary/aromatic N) is 2. The van der Waals surface area contributed by atoms with Crippen LogP contribution in [0.25, 0.3) is 0 Å². The van der Waals surface area contributed by atoms with Crippen LogP contribution in [0.1, 0.15) is 32.3 Å². The molecule has 1 aliphatic heterocycles. The standard InChI is InChI=1S/C19H26ClN3O4/c1-3-27-19(26)22-10-8-17(9-11-22)23(14(2)24)13-18(25)21-12-15-4-6-16(20)7-5-15/h4-7,17H,3,8-13H2,1-2H3,(H,21,25). The van der Waals surface area contributed by atoms with Crippen LogP contribution in [0, 0.1) is 0 Å². The van der Waals surface area contributed by atoms with Gasteiger partial charge in [0.1, 0.15) is 0 Å². The summed E-state index contributed by atoms with van der Waals surface area (Å²) < 4.78 is 5.00. The van der Waals surface area contributed by atoms with Gasteiger partial charge in [0.25, 0.3) is 0 Å². The van der Waals surface area contributed by atoms with E-state index < -0.39 is 0 Å². The number of carbonyl (C=O) groups excluding carboxylic acids is 3. The fourth-order valence-corrected chi connectivity index (χ4v) is 3.21. The Balaban J connectivity index is 1.84. The lowest BCUT2D eigenvalue weighted by Gasteiger charge is -2.37. The number of likely N-dealkylation sites (tertiary alicyclic amines) is 1. The molecule has 1 fully saturated rings. The molecule has 2 rings (SSSR count). The van der Waals surface area contributed by atoms with Gasteiger partial charge >= 0.3 is 6.09 Å². The smallest absolute Gasteiger partial charge is 0.409 e. The molecule has 8 heteroatoms. The van der Waals surface area contributed by atoms with Gasteiger partial charge in [-0.15, -0.1) is 0 Å². The lowest BCUT2D eigenvalue weighted by atomic mass is 10.0. The summed E-state index contributed by atoms with van der Waals surface area (Å²) in [4.78, 5) is 39.3. The zero-order chi connectivity index (χ0) is 19.8. The van der Waals surface area contributed by atoms with Crippen LogP contribution in [-0.2, 0) is 20.9 Å². The van der Waals surface area contributed by atoms with Crippen molar-refractivity contribution in [2.45, 2.75) is 39.3 Å². The Kier molecular flexibility index (Phi) is 7.91. The van der Waals surface area contributed by atoms with Gasteiger partial charge in [0.2, 0.25) is 11.8 Å². The van der Waals surface area contributed by atoms with E-state index >= 15 is 0 Å². The van der Waals surface area contributed by atoms with Gasteiger partial charge in [0, 0.05) is 37.6 Å².